The molecule has 2 saturated heterocycles. The van der Waals surface area contributed by atoms with Gasteiger partial charge in [0.1, 0.15) is 5.82 Å². The van der Waals surface area contributed by atoms with Gasteiger partial charge in [-0.15, -0.1) is 0 Å². The summed E-state index contributed by atoms with van der Waals surface area (Å²) >= 11 is 0. The molecule has 0 saturated carbocycles. The third kappa shape index (κ3) is 3.37. The minimum Gasteiger partial charge on any atom is -0.373 e. The first kappa shape index (κ1) is 14.8. The number of ether oxygens (including phenoxy) is 1. The number of alkyl halides is 3. The molecule has 1 aromatic carbocycles. The van der Waals surface area contributed by atoms with Crippen LogP contribution in [0.15, 0.2) is 18.2 Å². The van der Waals surface area contributed by atoms with E-state index < -0.39 is 17.6 Å². The van der Waals surface area contributed by atoms with Crippen LogP contribution in [0.25, 0.3) is 0 Å². The maximum Gasteiger partial charge on any atom is 0.416 e. The van der Waals surface area contributed by atoms with Crippen LogP contribution in [0.5, 0.6) is 0 Å². The minimum atomic E-state index is -4.52. The highest BCUT2D eigenvalue weighted by molar-refractivity contribution is 5.26. The molecule has 2 atom stereocenters. The highest BCUT2D eigenvalue weighted by Gasteiger charge is 2.34. The van der Waals surface area contributed by atoms with Crippen molar-refractivity contribution in [3.63, 3.8) is 0 Å². The Morgan fingerprint density at radius 3 is 2.38 bits per heavy atom. The van der Waals surface area contributed by atoms with Crippen molar-refractivity contribution in [3.8, 4) is 0 Å². The lowest BCUT2D eigenvalue weighted by Crippen LogP contribution is -2.41. The van der Waals surface area contributed by atoms with E-state index in [9.17, 15) is 17.6 Å². The van der Waals surface area contributed by atoms with Crippen LogP contribution < -0.4 is 5.32 Å². The molecule has 3 rings (SSSR count). The molecule has 1 N–H and O–H groups in total. The first-order chi connectivity index (χ1) is 9.91. The molecular formula is C15H17F4NO. The number of fused-ring (bicyclic) bond motifs is 2. The fourth-order valence-electron chi connectivity index (χ4n) is 3.19. The van der Waals surface area contributed by atoms with E-state index in [1.54, 1.807) is 0 Å². The van der Waals surface area contributed by atoms with Crippen LogP contribution in [0.1, 0.15) is 36.8 Å². The standard InChI is InChI=1S/C15H17F4NO/c16-14-5-10(15(17,18)19)2-1-9(14)8-21-13-6-11-3-4-12(7-13)20-11/h1-2,5,11-13,20H,3-4,6-8H2. The van der Waals surface area contributed by atoms with Gasteiger partial charge in [-0.1, -0.05) is 6.07 Å². The van der Waals surface area contributed by atoms with Crippen molar-refractivity contribution < 1.29 is 22.3 Å². The lowest BCUT2D eigenvalue weighted by atomic mass is 10.0. The number of piperidine rings is 1. The van der Waals surface area contributed by atoms with E-state index in [1.165, 1.54) is 0 Å². The molecule has 2 fully saturated rings. The maximum absolute atomic E-state index is 13.7. The molecule has 0 radical (unpaired) electrons. The molecule has 2 bridgehead atoms. The Bertz CT molecular complexity index is 505. The monoisotopic (exact) mass is 303 g/mol. The van der Waals surface area contributed by atoms with E-state index >= 15 is 0 Å². The zero-order valence-electron chi connectivity index (χ0n) is 11.4. The number of hydrogen-bond acceptors (Lipinski definition) is 2. The van der Waals surface area contributed by atoms with Crippen LogP contribution in [0, 0.1) is 5.82 Å². The molecule has 0 aromatic heterocycles. The van der Waals surface area contributed by atoms with Crippen molar-refractivity contribution >= 4 is 0 Å². The molecular weight excluding hydrogens is 286 g/mol. The molecule has 0 amide bonds. The summed E-state index contributed by atoms with van der Waals surface area (Å²) < 4.78 is 56.8. The van der Waals surface area contributed by atoms with Gasteiger partial charge < -0.3 is 10.1 Å². The van der Waals surface area contributed by atoms with Gasteiger partial charge >= 0.3 is 6.18 Å². The summed E-state index contributed by atoms with van der Waals surface area (Å²) in [6, 6.07) is 3.52. The summed E-state index contributed by atoms with van der Waals surface area (Å²) in [6.45, 7) is 0.0219. The van der Waals surface area contributed by atoms with E-state index in [-0.39, 0.29) is 18.3 Å². The average Bonchev–Trinajstić information content (AvgIpc) is 2.75. The first-order valence-electron chi connectivity index (χ1n) is 7.15. The zero-order chi connectivity index (χ0) is 15.0. The third-order valence-electron chi connectivity index (χ3n) is 4.28. The molecule has 2 aliphatic rings. The Morgan fingerprint density at radius 2 is 1.81 bits per heavy atom. The first-order valence-corrected chi connectivity index (χ1v) is 7.15. The number of benzene rings is 1. The molecule has 0 aliphatic carbocycles. The van der Waals surface area contributed by atoms with Crippen molar-refractivity contribution in [2.75, 3.05) is 0 Å². The van der Waals surface area contributed by atoms with Crippen LogP contribution in [0.4, 0.5) is 17.6 Å². The lowest BCUT2D eigenvalue weighted by molar-refractivity contribution is -0.137. The van der Waals surface area contributed by atoms with Crippen LogP contribution in [-0.4, -0.2) is 18.2 Å². The van der Waals surface area contributed by atoms with Gasteiger partial charge in [-0.05, 0) is 37.8 Å². The van der Waals surface area contributed by atoms with E-state index in [1.807, 2.05) is 0 Å². The van der Waals surface area contributed by atoms with Gasteiger partial charge in [0, 0.05) is 17.6 Å². The summed E-state index contributed by atoms with van der Waals surface area (Å²) in [4.78, 5) is 0. The van der Waals surface area contributed by atoms with Crippen molar-refractivity contribution in [1.82, 2.24) is 5.32 Å². The minimum absolute atomic E-state index is 0.0219. The van der Waals surface area contributed by atoms with E-state index in [2.05, 4.69) is 5.32 Å². The third-order valence-corrected chi connectivity index (χ3v) is 4.28. The lowest BCUT2D eigenvalue weighted by Gasteiger charge is -2.29. The van der Waals surface area contributed by atoms with Gasteiger partial charge in [-0.25, -0.2) is 4.39 Å². The number of nitrogens with one attached hydrogen (secondary N) is 1. The predicted molar refractivity (Wildman–Crippen MR) is 69.2 cm³/mol. The van der Waals surface area contributed by atoms with Gasteiger partial charge in [0.25, 0.3) is 0 Å². The normalized spacial score (nSPS) is 28.9. The number of hydrogen-bond donors (Lipinski definition) is 1. The largest absolute Gasteiger partial charge is 0.416 e. The Balaban J connectivity index is 1.60. The average molecular weight is 303 g/mol. The van der Waals surface area contributed by atoms with E-state index in [0.29, 0.717) is 18.2 Å². The maximum atomic E-state index is 13.7. The summed E-state index contributed by atoms with van der Waals surface area (Å²) in [6.07, 6.45) is -0.407. The van der Waals surface area contributed by atoms with Gasteiger partial charge in [0.2, 0.25) is 0 Å². The van der Waals surface area contributed by atoms with Crippen molar-refractivity contribution in [2.24, 2.45) is 0 Å². The molecule has 0 spiro atoms. The van der Waals surface area contributed by atoms with Crippen LogP contribution in [-0.2, 0) is 17.5 Å². The van der Waals surface area contributed by atoms with Gasteiger partial charge in [-0.2, -0.15) is 13.2 Å². The van der Waals surface area contributed by atoms with Crippen LogP contribution >= 0.6 is 0 Å². The molecule has 2 heterocycles. The van der Waals surface area contributed by atoms with Gasteiger partial charge in [0.15, 0.2) is 0 Å². The Labute approximate surface area is 120 Å². The molecule has 2 unspecified atom stereocenters. The second-order valence-corrected chi connectivity index (χ2v) is 5.85. The predicted octanol–water partition coefficient (Wildman–Crippen LogP) is 3.64. The Morgan fingerprint density at radius 1 is 1.14 bits per heavy atom. The van der Waals surface area contributed by atoms with E-state index in [0.717, 1.165) is 37.8 Å². The Kier molecular flexibility index (Phi) is 3.92. The zero-order valence-corrected chi connectivity index (χ0v) is 11.4. The molecule has 2 aliphatic heterocycles. The summed E-state index contributed by atoms with van der Waals surface area (Å²) in [5.74, 6) is -0.860. The number of halogens is 4. The molecule has 6 heteroatoms. The van der Waals surface area contributed by atoms with E-state index in [4.69, 9.17) is 4.74 Å². The SMILES string of the molecule is Fc1cc(C(F)(F)F)ccc1COC1CC2CCC(C1)N2. The summed E-state index contributed by atoms with van der Waals surface area (Å²) in [7, 11) is 0. The number of rotatable bonds is 3. The van der Waals surface area contributed by atoms with Crippen molar-refractivity contribution in [1.29, 1.82) is 0 Å². The summed E-state index contributed by atoms with van der Waals surface area (Å²) in [5, 5.41) is 3.47. The highest BCUT2D eigenvalue weighted by Crippen LogP contribution is 2.31. The smallest absolute Gasteiger partial charge is 0.373 e. The van der Waals surface area contributed by atoms with Crippen LogP contribution in [0.2, 0.25) is 0 Å². The van der Waals surface area contributed by atoms with Crippen molar-refractivity contribution in [3.05, 3.63) is 35.1 Å². The molecule has 2 nitrogen and oxygen atoms in total. The fourth-order valence-corrected chi connectivity index (χ4v) is 3.19. The highest BCUT2D eigenvalue weighted by atomic mass is 19.4. The fraction of sp³-hybridized carbons (Fsp3) is 0.600. The molecule has 21 heavy (non-hydrogen) atoms. The van der Waals surface area contributed by atoms with Crippen molar-refractivity contribution in [2.45, 2.75) is 56.7 Å². The van der Waals surface area contributed by atoms with Gasteiger partial charge in [-0.3, -0.25) is 0 Å². The quantitative estimate of drug-likeness (QED) is 0.861. The topological polar surface area (TPSA) is 21.3 Å². The second-order valence-electron chi connectivity index (χ2n) is 5.85. The molecule has 1 aromatic rings. The summed E-state index contributed by atoms with van der Waals surface area (Å²) in [5.41, 5.74) is -0.794. The van der Waals surface area contributed by atoms with Crippen LogP contribution in [0.3, 0.4) is 0 Å². The Hall–Kier alpha value is -1.14. The van der Waals surface area contributed by atoms with Gasteiger partial charge in [0.05, 0.1) is 18.3 Å². The molecule has 116 valence electrons. The second kappa shape index (κ2) is 5.57.